The minimum absolute atomic E-state index is 0.0219. The maximum absolute atomic E-state index is 15.1. The lowest BCUT2D eigenvalue weighted by molar-refractivity contribution is -0.152. The summed E-state index contributed by atoms with van der Waals surface area (Å²) in [5, 5.41) is 56.1. The molecule has 0 radical (unpaired) electrons. The average molecular weight is 1800 g/mol. The minimum atomic E-state index is -2.10. The summed E-state index contributed by atoms with van der Waals surface area (Å²) in [4.78, 5) is 280. The van der Waals surface area contributed by atoms with Gasteiger partial charge in [0.25, 0.3) is 0 Å². The largest absolute Gasteiger partial charge is 0.481 e. The number of amides is 18. The molecule has 127 heavy (non-hydrogen) atoms. The maximum Gasteiger partial charge on any atom is 0.329 e. The van der Waals surface area contributed by atoms with Gasteiger partial charge < -0.3 is 112 Å². The van der Waals surface area contributed by atoms with Crippen LogP contribution < -0.4 is 97.4 Å². The predicted octanol–water partition coefficient (Wildman–Crippen LogP) is -0.486. The van der Waals surface area contributed by atoms with Gasteiger partial charge >= 0.3 is 11.9 Å². The summed E-state index contributed by atoms with van der Waals surface area (Å²) in [7, 11) is 0. The number of ether oxygens (including phenoxy) is 1. The molecule has 0 bridgehead atoms. The summed E-state index contributed by atoms with van der Waals surface area (Å²) in [6.07, 6.45) is 1.50. The Hall–Kier alpha value is -10.9. The van der Waals surface area contributed by atoms with Crippen molar-refractivity contribution in [3.05, 3.63) is 12.2 Å². The van der Waals surface area contributed by atoms with Crippen LogP contribution in [0.4, 0.5) is 0 Å². The number of aliphatic hydroxyl groups is 1. The van der Waals surface area contributed by atoms with E-state index in [-0.39, 0.29) is 75.0 Å². The number of nitrogens with two attached hydrogens (primary N) is 4. The standard InChI is InChI=1S/C86H148N18O23/c1-18-20-21-22-23-24-25-26-52(105)42-68(110)91-58(37-44(3)4)78(118)96-57(31-36-69(111)112)73(113)92-55(29-34-66(89)108)76(116)102-70(49(13)14)84(124)99-61(40-47(9)10)81(121)94-54(28-33-65(88)107)75(115)101-63-43-127-86(126)72(51(17)19-2)104-77(117)56(30-35-67(90)109)95-79(119)59(38-45(5)6)97-74(114)53(27-32-64(87)106)93-80(120)60(39-46(7)8)98-82(122)62(41-48(11)12)100-85(125)71(50(15)16)103-83(63)123/h24-25,44-63,70-72,105H,18-23,26-43H2,1-17H3,(H2,87,106)(H2,88,107)(H2,89,108)(H2,90,109)(H,91,110)(H,92,113)(H,93,120)(H,94,121)(H,95,119)(H,96,118)(H,97,114)(H,98,122)(H,99,124)(H,100,125)(H,101,115)(H,102,116)(H,103,123)(H,104,117)(H,111,112). The van der Waals surface area contributed by atoms with Crippen molar-refractivity contribution in [3.63, 3.8) is 0 Å². The van der Waals surface area contributed by atoms with Gasteiger partial charge in [-0.15, -0.1) is 0 Å². The molecule has 0 aromatic carbocycles. The van der Waals surface area contributed by atoms with Crippen molar-refractivity contribution in [2.75, 3.05) is 6.61 Å². The molecule has 0 aromatic rings. The second kappa shape index (κ2) is 59.2. The topological polar surface area (TPSA) is 664 Å². The monoisotopic (exact) mass is 1800 g/mol. The zero-order valence-corrected chi connectivity index (χ0v) is 77.2. The van der Waals surface area contributed by atoms with Gasteiger partial charge in [-0.3, -0.25) is 91.1 Å². The summed E-state index contributed by atoms with van der Waals surface area (Å²) >= 11 is 0. The SMILES string of the molecule is CCCCCCC=CCC(O)CC(=O)NC(CC(C)C)C(=O)NC(CCC(=O)O)C(=O)NC(CCC(N)=O)C(=O)NC(C(=O)NC(CC(C)C)C(=O)NC(CCC(N)=O)C(=O)NC1COC(=O)C(C(C)CC)NC(=O)C(CCC(N)=O)NC(=O)C(CC(C)C)NC(=O)C(CCC(N)=O)NC(=O)C(CC(C)C)NC(=O)C(CC(C)C)NC(=O)C(C(C)C)NC1=O)C(C)C. The predicted molar refractivity (Wildman–Crippen MR) is 468 cm³/mol. The lowest BCUT2D eigenvalue weighted by atomic mass is 9.98. The number of carbonyl (C=O) groups is 20. The fourth-order valence-corrected chi connectivity index (χ4v) is 13.5. The molecule has 1 rings (SSSR count). The van der Waals surface area contributed by atoms with E-state index in [1.807, 2.05) is 6.08 Å². The Kier molecular flexibility index (Phi) is 53.2. The Labute approximate surface area is 745 Å². The zero-order chi connectivity index (χ0) is 96.8. The number of unbranched alkanes of at least 4 members (excludes halogenated alkanes) is 4. The van der Waals surface area contributed by atoms with Crippen LogP contribution >= 0.6 is 0 Å². The molecule has 1 heterocycles. The number of hydrogen-bond donors (Lipinski definition) is 20. The second-order valence-electron chi connectivity index (χ2n) is 35.7. The van der Waals surface area contributed by atoms with E-state index < -0.39 is 303 Å². The third-order valence-corrected chi connectivity index (χ3v) is 20.8. The number of carbonyl (C=O) groups excluding carboxylic acids is 19. The van der Waals surface area contributed by atoms with Crippen LogP contribution in [0.25, 0.3) is 0 Å². The van der Waals surface area contributed by atoms with Crippen molar-refractivity contribution in [2.45, 2.75) is 356 Å². The third kappa shape index (κ3) is 46.4. The van der Waals surface area contributed by atoms with Crippen LogP contribution in [0.3, 0.4) is 0 Å². The number of cyclic esters (lactones) is 1. The fraction of sp³-hybridized carbons (Fsp3) is 0.744. The van der Waals surface area contributed by atoms with E-state index in [1.165, 1.54) is 34.6 Å². The van der Waals surface area contributed by atoms with E-state index in [9.17, 15) is 96.5 Å². The van der Waals surface area contributed by atoms with Gasteiger partial charge in [0.2, 0.25) is 106 Å². The number of aliphatic carboxylic acids is 1. The quantitative estimate of drug-likeness (QED) is 0.0208. The first-order valence-corrected chi connectivity index (χ1v) is 44.4. The van der Waals surface area contributed by atoms with Crippen molar-refractivity contribution < 1.29 is 111 Å². The average Bonchev–Trinajstić information content (AvgIpc) is 1.25. The van der Waals surface area contributed by atoms with Gasteiger partial charge in [-0.1, -0.05) is 156 Å². The number of allylic oxidation sites excluding steroid dienone is 1. The molecule has 24 N–H and O–H groups in total. The molecule has 1 fully saturated rings. The van der Waals surface area contributed by atoms with Crippen LogP contribution in [0, 0.1) is 47.3 Å². The number of aliphatic hydroxyl groups excluding tert-OH is 1. The smallest absolute Gasteiger partial charge is 0.329 e. The molecule has 0 aromatic heterocycles. The van der Waals surface area contributed by atoms with Crippen molar-refractivity contribution >= 4 is 118 Å². The Morgan fingerprint density at radius 2 is 0.811 bits per heavy atom. The van der Waals surface area contributed by atoms with Crippen molar-refractivity contribution in [3.8, 4) is 0 Å². The molecule has 0 saturated carbocycles. The first kappa shape index (κ1) is 114. The van der Waals surface area contributed by atoms with Gasteiger partial charge in [-0.25, -0.2) is 4.79 Å². The zero-order valence-electron chi connectivity index (χ0n) is 77.2. The van der Waals surface area contributed by atoms with Crippen LogP contribution in [0.5, 0.6) is 0 Å². The molecule has 18 amide bonds. The van der Waals surface area contributed by atoms with E-state index in [0.29, 0.717) is 0 Å². The summed E-state index contributed by atoms with van der Waals surface area (Å²) in [5.41, 5.74) is 22.2. The number of esters is 1. The summed E-state index contributed by atoms with van der Waals surface area (Å²) in [5.74, 6) is -25.2. The molecule has 0 aliphatic carbocycles. The van der Waals surface area contributed by atoms with Crippen LogP contribution in [0.15, 0.2) is 12.2 Å². The number of hydrogen-bond acceptors (Lipinski definition) is 22. The highest BCUT2D eigenvalue weighted by atomic mass is 16.5. The number of nitrogens with one attached hydrogen (secondary N) is 14. The van der Waals surface area contributed by atoms with Gasteiger partial charge in [0.15, 0.2) is 0 Å². The van der Waals surface area contributed by atoms with Gasteiger partial charge in [0, 0.05) is 32.1 Å². The summed E-state index contributed by atoms with van der Waals surface area (Å²) in [6.45, 7) is 27.2. The Morgan fingerprint density at radius 3 is 1.22 bits per heavy atom. The van der Waals surface area contributed by atoms with Crippen LogP contribution in [0.1, 0.15) is 265 Å². The molecule has 16 unspecified atom stereocenters. The molecule has 720 valence electrons. The Bertz CT molecular complexity index is 3720. The van der Waals surface area contributed by atoms with Gasteiger partial charge in [-0.05, 0) is 131 Å². The molecular formula is C86H148N18O23. The van der Waals surface area contributed by atoms with Crippen molar-refractivity contribution in [1.82, 2.24) is 74.4 Å². The van der Waals surface area contributed by atoms with E-state index in [1.54, 1.807) is 82.2 Å². The summed E-state index contributed by atoms with van der Waals surface area (Å²) < 4.78 is 5.80. The first-order chi connectivity index (χ1) is 59.3. The van der Waals surface area contributed by atoms with Crippen LogP contribution in [-0.2, 0) is 101 Å². The van der Waals surface area contributed by atoms with Crippen LogP contribution in [-0.4, -0.2) is 226 Å². The molecule has 16 atom stereocenters. The molecule has 1 saturated heterocycles. The van der Waals surface area contributed by atoms with Crippen LogP contribution in [0.2, 0.25) is 0 Å². The Balaban J connectivity index is 4.20. The van der Waals surface area contributed by atoms with E-state index in [0.717, 1.165) is 32.1 Å². The van der Waals surface area contributed by atoms with E-state index in [2.05, 4.69) is 81.4 Å². The van der Waals surface area contributed by atoms with Crippen molar-refractivity contribution in [2.24, 2.45) is 70.3 Å². The van der Waals surface area contributed by atoms with E-state index in [4.69, 9.17) is 27.7 Å². The fourth-order valence-electron chi connectivity index (χ4n) is 13.5. The second-order valence-corrected chi connectivity index (χ2v) is 35.7. The lowest BCUT2D eigenvalue weighted by Crippen LogP contribution is -2.62. The number of rotatable bonds is 51. The number of primary amides is 4. The highest BCUT2D eigenvalue weighted by Crippen LogP contribution is 2.19. The molecule has 1 aliphatic rings. The lowest BCUT2D eigenvalue weighted by Gasteiger charge is -2.30. The Morgan fingerprint density at radius 1 is 0.425 bits per heavy atom. The molecular weight excluding hydrogens is 1650 g/mol. The highest BCUT2D eigenvalue weighted by molar-refractivity contribution is 6.01. The van der Waals surface area contributed by atoms with Gasteiger partial charge in [0.1, 0.15) is 91.2 Å². The highest BCUT2D eigenvalue weighted by Gasteiger charge is 2.42. The normalized spacial score (nSPS) is 20.5. The number of carboxylic acids is 1. The molecule has 0 spiro atoms. The summed E-state index contributed by atoms with van der Waals surface area (Å²) in [6, 6.07) is -23.0. The molecule has 41 nitrogen and oxygen atoms in total. The van der Waals surface area contributed by atoms with E-state index >= 15 is 9.59 Å². The molecule has 41 heteroatoms. The molecule has 1 aliphatic heterocycles. The van der Waals surface area contributed by atoms with Gasteiger partial charge in [-0.2, -0.15) is 0 Å². The first-order valence-electron chi connectivity index (χ1n) is 44.4. The minimum Gasteiger partial charge on any atom is -0.481 e. The third-order valence-electron chi connectivity index (χ3n) is 20.8. The van der Waals surface area contributed by atoms with Crippen molar-refractivity contribution in [1.29, 1.82) is 0 Å². The maximum atomic E-state index is 15.1. The number of carboxylic acid groups (broad SMARTS) is 1. The van der Waals surface area contributed by atoms with Gasteiger partial charge in [0.05, 0.1) is 12.5 Å².